The maximum atomic E-state index is 12.0. The summed E-state index contributed by atoms with van der Waals surface area (Å²) >= 11 is 0. The molecule has 0 spiro atoms. The van der Waals surface area contributed by atoms with Gasteiger partial charge in [0.25, 0.3) is 0 Å². The van der Waals surface area contributed by atoms with Gasteiger partial charge in [-0.25, -0.2) is 25.9 Å². The van der Waals surface area contributed by atoms with Crippen molar-refractivity contribution in [1.29, 1.82) is 0 Å². The number of anilines is 1. The van der Waals surface area contributed by atoms with Gasteiger partial charge in [-0.3, -0.25) is 4.79 Å². The largest absolute Gasteiger partial charge is 0.329 e. The third-order valence-corrected chi connectivity index (χ3v) is 7.07. The van der Waals surface area contributed by atoms with Gasteiger partial charge in [0.05, 0.1) is 10.6 Å². The molecule has 0 saturated carbocycles. The van der Waals surface area contributed by atoms with Crippen LogP contribution in [-0.2, 0) is 24.8 Å². The number of rotatable bonds is 8. The Morgan fingerprint density at radius 2 is 2.08 bits per heavy atom. The van der Waals surface area contributed by atoms with Crippen LogP contribution < -0.4 is 15.8 Å². The Hall–Kier alpha value is -1.53. The molecule has 1 fully saturated rings. The van der Waals surface area contributed by atoms with Crippen molar-refractivity contribution < 1.29 is 21.6 Å². The van der Waals surface area contributed by atoms with Gasteiger partial charge in [0, 0.05) is 38.3 Å². The van der Waals surface area contributed by atoms with Gasteiger partial charge in [-0.05, 0) is 24.6 Å². The smallest absolute Gasteiger partial charge is 0.240 e. The molecule has 0 unspecified atom stereocenters. The minimum Gasteiger partial charge on any atom is -0.329 e. The average Bonchev–Trinajstić information content (AvgIpc) is 2.90. The Morgan fingerprint density at radius 1 is 1.32 bits per heavy atom. The fraction of sp³-hybridized carbons (Fsp3) is 0.500. The lowest BCUT2D eigenvalue weighted by molar-refractivity contribution is -0.116. The SMILES string of the molecule is NCCNS(=O)(=O)c1cccc(NC(=O)CCN2CCCS2(=O)=O)c1. The number of nitrogens with zero attached hydrogens (tertiary/aromatic N) is 1. The number of benzene rings is 1. The molecule has 1 heterocycles. The monoisotopic (exact) mass is 390 g/mol. The Labute approximate surface area is 147 Å². The van der Waals surface area contributed by atoms with E-state index in [9.17, 15) is 21.6 Å². The van der Waals surface area contributed by atoms with Gasteiger partial charge in [-0.2, -0.15) is 0 Å². The normalized spacial score (nSPS) is 17.5. The average molecular weight is 390 g/mol. The first kappa shape index (κ1) is 19.8. The van der Waals surface area contributed by atoms with Gasteiger partial charge in [0.1, 0.15) is 0 Å². The molecule has 25 heavy (non-hydrogen) atoms. The molecule has 1 aliphatic heterocycles. The van der Waals surface area contributed by atoms with E-state index in [0.717, 1.165) is 0 Å². The summed E-state index contributed by atoms with van der Waals surface area (Å²) in [6.07, 6.45) is 0.571. The van der Waals surface area contributed by atoms with Crippen LogP contribution in [0.1, 0.15) is 12.8 Å². The highest BCUT2D eigenvalue weighted by Gasteiger charge is 2.28. The zero-order chi connectivity index (χ0) is 18.5. The molecule has 0 radical (unpaired) electrons. The van der Waals surface area contributed by atoms with E-state index >= 15 is 0 Å². The van der Waals surface area contributed by atoms with E-state index in [-0.39, 0.29) is 42.6 Å². The molecule has 0 aliphatic carbocycles. The zero-order valence-corrected chi connectivity index (χ0v) is 15.3. The van der Waals surface area contributed by atoms with Crippen LogP contribution in [0.2, 0.25) is 0 Å². The van der Waals surface area contributed by atoms with Crippen molar-refractivity contribution in [2.45, 2.75) is 17.7 Å². The van der Waals surface area contributed by atoms with Gasteiger partial charge in [-0.15, -0.1) is 0 Å². The maximum absolute atomic E-state index is 12.0. The Bertz CT molecular complexity index is 823. The van der Waals surface area contributed by atoms with Gasteiger partial charge in [0.15, 0.2) is 0 Å². The lowest BCUT2D eigenvalue weighted by Crippen LogP contribution is -2.30. The molecule has 9 nitrogen and oxygen atoms in total. The van der Waals surface area contributed by atoms with Crippen molar-refractivity contribution in [2.75, 3.05) is 37.2 Å². The highest BCUT2D eigenvalue weighted by Crippen LogP contribution is 2.17. The topological polar surface area (TPSA) is 139 Å². The zero-order valence-electron chi connectivity index (χ0n) is 13.6. The first-order valence-electron chi connectivity index (χ1n) is 7.82. The predicted molar refractivity (Wildman–Crippen MR) is 93.9 cm³/mol. The molecule has 140 valence electrons. The van der Waals surface area contributed by atoms with E-state index in [4.69, 9.17) is 5.73 Å². The van der Waals surface area contributed by atoms with Crippen LogP contribution in [-0.4, -0.2) is 59.0 Å². The Kier molecular flexibility index (Phi) is 6.52. The van der Waals surface area contributed by atoms with Crippen LogP contribution in [0.5, 0.6) is 0 Å². The molecule has 11 heteroatoms. The van der Waals surface area contributed by atoms with Crippen LogP contribution in [0, 0.1) is 0 Å². The summed E-state index contributed by atoms with van der Waals surface area (Å²) in [5.74, 6) is -0.267. The summed E-state index contributed by atoms with van der Waals surface area (Å²) in [5.41, 5.74) is 5.61. The van der Waals surface area contributed by atoms with Crippen LogP contribution >= 0.6 is 0 Å². The lowest BCUT2D eigenvalue weighted by Gasteiger charge is -2.14. The number of carbonyl (C=O) groups excluding carboxylic acids is 1. The summed E-state index contributed by atoms with van der Waals surface area (Å²) in [7, 11) is -6.93. The number of nitrogens with two attached hydrogens (primary N) is 1. The molecular formula is C14H22N4O5S2. The van der Waals surface area contributed by atoms with E-state index in [1.165, 1.54) is 22.5 Å². The summed E-state index contributed by atoms with van der Waals surface area (Å²) in [5, 5.41) is 2.58. The predicted octanol–water partition coefficient (Wildman–Crippen LogP) is -0.712. The molecule has 0 atom stereocenters. The fourth-order valence-corrected chi connectivity index (χ4v) is 5.03. The second-order valence-corrected chi connectivity index (χ2v) is 9.44. The first-order chi connectivity index (χ1) is 11.7. The van der Waals surface area contributed by atoms with Gasteiger partial charge >= 0.3 is 0 Å². The van der Waals surface area contributed by atoms with Crippen molar-refractivity contribution in [3.63, 3.8) is 0 Å². The number of hydrogen-bond acceptors (Lipinski definition) is 6. The van der Waals surface area contributed by atoms with E-state index in [1.807, 2.05) is 0 Å². The molecule has 1 saturated heterocycles. The quantitative estimate of drug-likeness (QED) is 0.536. The minimum absolute atomic E-state index is 0.00162. The van der Waals surface area contributed by atoms with E-state index in [1.54, 1.807) is 6.07 Å². The molecule has 1 aliphatic rings. The second-order valence-electron chi connectivity index (χ2n) is 5.58. The van der Waals surface area contributed by atoms with Gasteiger partial charge in [0.2, 0.25) is 26.0 Å². The highest BCUT2D eigenvalue weighted by molar-refractivity contribution is 7.89. The number of nitrogens with one attached hydrogen (secondary N) is 2. The third kappa shape index (κ3) is 5.47. The van der Waals surface area contributed by atoms with Crippen LogP contribution in [0.3, 0.4) is 0 Å². The highest BCUT2D eigenvalue weighted by atomic mass is 32.2. The van der Waals surface area contributed by atoms with E-state index < -0.39 is 20.0 Å². The van der Waals surface area contributed by atoms with E-state index in [0.29, 0.717) is 18.7 Å². The molecule has 0 aromatic heterocycles. The lowest BCUT2D eigenvalue weighted by atomic mass is 10.3. The van der Waals surface area contributed by atoms with E-state index in [2.05, 4.69) is 10.0 Å². The minimum atomic E-state index is -3.69. The van der Waals surface area contributed by atoms with Crippen molar-refractivity contribution in [3.8, 4) is 0 Å². The maximum Gasteiger partial charge on any atom is 0.240 e. The fourth-order valence-electron chi connectivity index (χ4n) is 2.41. The molecule has 1 aromatic rings. The molecular weight excluding hydrogens is 368 g/mol. The molecule has 1 amide bonds. The third-order valence-electron chi connectivity index (χ3n) is 3.66. The molecule has 4 N–H and O–H groups in total. The second kappa shape index (κ2) is 8.23. The Morgan fingerprint density at radius 3 is 2.72 bits per heavy atom. The van der Waals surface area contributed by atoms with Gasteiger partial charge in [-0.1, -0.05) is 6.07 Å². The summed E-state index contributed by atoms with van der Waals surface area (Å²) in [6.45, 7) is 0.832. The molecule has 1 aromatic carbocycles. The van der Waals surface area contributed by atoms with Crippen molar-refractivity contribution >= 4 is 31.6 Å². The number of hydrogen-bond donors (Lipinski definition) is 3. The number of carbonyl (C=O) groups is 1. The standard InChI is InChI=1S/C14H22N4O5S2/c15-6-7-16-25(22,23)13-4-1-3-12(11-13)17-14(19)5-9-18-8-2-10-24(18,20)21/h1,3-4,11,16H,2,5-10,15H2,(H,17,19). The summed E-state index contributed by atoms with van der Waals surface area (Å²) in [6, 6.07) is 5.82. The van der Waals surface area contributed by atoms with Crippen molar-refractivity contribution in [2.24, 2.45) is 5.73 Å². The summed E-state index contributed by atoms with van der Waals surface area (Å²) in [4.78, 5) is 12.0. The number of amides is 1. The first-order valence-corrected chi connectivity index (χ1v) is 10.9. The Balaban J connectivity index is 1.96. The number of sulfonamides is 2. The molecule has 0 bridgehead atoms. The van der Waals surface area contributed by atoms with Crippen LogP contribution in [0.15, 0.2) is 29.2 Å². The van der Waals surface area contributed by atoms with Crippen LogP contribution in [0.25, 0.3) is 0 Å². The van der Waals surface area contributed by atoms with Crippen LogP contribution in [0.4, 0.5) is 5.69 Å². The van der Waals surface area contributed by atoms with Crippen molar-refractivity contribution in [3.05, 3.63) is 24.3 Å². The summed E-state index contributed by atoms with van der Waals surface area (Å²) < 4.78 is 51.1. The molecule has 2 rings (SSSR count). The van der Waals surface area contributed by atoms with Gasteiger partial charge < -0.3 is 11.1 Å². The van der Waals surface area contributed by atoms with Crippen molar-refractivity contribution in [1.82, 2.24) is 9.03 Å².